The van der Waals surface area contributed by atoms with Gasteiger partial charge in [0.1, 0.15) is 12.7 Å². The van der Waals surface area contributed by atoms with Crippen molar-refractivity contribution in [3.63, 3.8) is 0 Å². The van der Waals surface area contributed by atoms with Gasteiger partial charge in [-0.05, 0) is 23.7 Å². The molecule has 0 spiro atoms. The van der Waals surface area contributed by atoms with E-state index in [2.05, 4.69) is 45.7 Å². The van der Waals surface area contributed by atoms with Crippen molar-refractivity contribution in [2.45, 2.75) is 51.6 Å². The summed E-state index contributed by atoms with van der Waals surface area (Å²) in [6, 6.07) is 10.0. The van der Waals surface area contributed by atoms with E-state index < -0.39 is 8.32 Å². The van der Waals surface area contributed by atoms with Crippen molar-refractivity contribution in [3.8, 4) is 11.8 Å². The summed E-state index contributed by atoms with van der Waals surface area (Å²) >= 11 is 0. The summed E-state index contributed by atoms with van der Waals surface area (Å²) in [6.45, 7) is 11.8. The maximum atomic E-state index is 8.92. The van der Waals surface area contributed by atoms with E-state index >= 15 is 0 Å². The second-order valence-corrected chi connectivity index (χ2v) is 11.6. The molecule has 0 aliphatic rings. The number of rotatable bonds is 6. The molecule has 0 amide bonds. The Balaban J connectivity index is 2.61. The van der Waals surface area contributed by atoms with Crippen LogP contribution in [0.3, 0.4) is 0 Å². The molecule has 1 aromatic carbocycles. The first kappa shape index (κ1) is 18.9. The monoisotopic (exact) mass is 320 g/mol. The zero-order valence-corrected chi connectivity index (χ0v) is 15.3. The normalized spacial score (nSPS) is 13.4. The number of aliphatic hydroxyl groups is 1. The van der Waals surface area contributed by atoms with Crippen LogP contribution in [-0.4, -0.2) is 32.7 Å². The highest BCUT2D eigenvalue weighted by Gasteiger charge is 2.38. The van der Waals surface area contributed by atoms with Gasteiger partial charge in [-0.3, -0.25) is 0 Å². The summed E-state index contributed by atoms with van der Waals surface area (Å²) in [5.41, 5.74) is 1.13. The molecule has 0 aliphatic heterocycles. The largest absolute Gasteiger partial charge is 0.401 e. The van der Waals surface area contributed by atoms with Crippen LogP contribution in [0.4, 0.5) is 0 Å². The molecule has 0 radical (unpaired) electrons. The Morgan fingerprint density at radius 2 is 1.82 bits per heavy atom. The van der Waals surface area contributed by atoms with Crippen LogP contribution in [-0.2, 0) is 15.8 Å². The fourth-order valence-corrected chi connectivity index (χ4v) is 2.85. The standard InChI is InChI=1S/C18H28O3Si/c1-18(2,3)22(4,5)21-17(12-9-13-19)15-20-14-16-10-7-6-8-11-16/h6-8,10-11,17,19H,13-15H2,1-5H3/t17-/m1/s1. The van der Waals surface area contributed by atoms with Gasteiger partial charge in [0, 0.05) is 0 Å². The lowest BCUT2D eigenvalue weighted by Crippen LogP contribution is -2.44. The average molecular weight is 321 g/mol. The SMILES string of the molecule is CC(C)(C)[Si](C)(C)O[C@H](C#CCO)COCc1ccccc1. The molecular weight excluding hydrogens is 292 g/mol. The zero-order valence-electron chi connectivity index (χ0n) is 14.3. The third kappa shape index (κ3) is 6.33. The lowest BCUT2D eigenvalue weighted by atomic mass is 10.2. The van der Waals surface area contributed by atoms with Gasteiger partial charge < -0.3 is 14.3 Å². The molecule has 0 fully saturated rings. The van der Waals surface area contributed by atoms with Gasteiger partial charge in [0.25, 0.3) is 0 Å². The van der Waals surface area contributed by atoms with Crippen molar-refractivity contribution in [1.29, 1.82) is 0 Å². The third-order valence-corrected chi connectivity index (χ3v) is 8.45. The first-order valence-electron chi connectivity index (χ1n) is 7.65. The fourth-order valence-electron chi connectivity index (χ4n) is 1.66. The molecule has 0 saturated carbocycles. The van der Waals surface area contributed by atoms with Crippen molar-refractivity contribution in [3.05, 3.63) is 35.9 Å². The van der Waals surface area contributed by atoms with E-state index in [9.17, 15) is 0 Å². The molecule has 0 saturated heterocycles. The fraction of sp³-hybridized carbons (Fsp3) is 0.556. The van der Waals surface area contributed by atoms with E-state index in [4.69, 9.17) is 14.3 Å². The van der Waals surface area contributed by atoms with Crippen molar-refractivity contribution in [2.75, 3.05) is 13.2 Å². The van der Waals surface area contributed by atoms with E-state index in [0.717, 1.165) is 5.56 Å². The van der Waals surface area contributed by atoms with Crippen LogP contribution in [0.15, 0.2) is 30.3 Å². The highest BCUT2D eigenvalue weighted by molar-refractivity contribution is 6.74. The lowest BCUT2D eigenvalue weighted by molar-refractivity contribution is 0.0588. The van der Waals surface area contributed by atoms with E-state index in [1.165, 1.54) is 0 Å². The van der Waals surface area contributed by atoms with Crippen LogP contribution in [0.1, 0.15) is 26.3 Å². The topological polar surface area (TPSA) is 38.7 Å². The molecule has 3 nitrogen and oxygen atoms in total. The summed E-state index contributed by atoms with van der Waals surface area (Å²) in [5.74, 6) is 5.67. The number of benzene rings is 1. The predicted octanol–water partition coefficient (Wildman–Crippen LogP) is 3.59. The predicted molar refractivity (Wildman–Crippen MR) is 93.0 cm³/mol. The molecule has 0 aliphatic carbocycles. The number of aliphatic hydroxyl groups excluding tert-OH is 1. The van der Waals surface area contributed by atoms with Crippen LogP contribution in [0.2, 0.25) is 18.1 Å². The molecule has 1 N–H and O–H groups in total. The van der Waals surface area contributed by atoms with E-state index in [1.807, 2.05) is 30.3 Å². The molecule has 1 atom stereocenters. The second-order valence-electron chi connectivity index (χ2n) is 6.85. The van der Waals surface area contributed by atoms with Gasteiger partial charge in [0.05, 0.1) is 13.2 Å². The molecule has 0 aromatic heterocycles. The van der Waals surface area contributed by atoms with Crippen LogP contribution < -0.4 is 0 Å². The van der Waals surface area contributed by atoms with Crippen molar-refractivity contribution >= 4 is 8.32 Å². The molecule has 1 aromatic rings. The van der Waals surface area contributed by atoms with Gasteiger partial charge in [0.2, 0.25) is 0 Å². The first-order valence-corrected chi connectivity index (χ1v) is 10.6. The van der Waals surface area contributed by atoms with Crippen molar-refractivity contribution < 1.29 is 14.3 Å². The van der Waals surface area contributed by atoms with Gasteiger partial charge in [-0.2, -0.15) is 0 Å². The summed E-state index contributed by atoms with van der Waals surface area (Å²) in [6.07, 6.45) is -0.295. The lowest BCUT2D eigenvalue weighted by Gasteiger charge is -2.38. The molecule has 0 unspecified atom stereocenters. The Hall–Kier alpha value is -1.12. The van der Waals surface area contributed by atoms with Gasteiger partial charge in [0.15, 0.2) is 8.32 Å². The molecule has 0 heterocycles. The Labute approximate surface area is 135 Å². The highest BCUT2D eigenvalue weighted by atomic mass is 28.4. The van der Waals surface area contributed by atoms with Crippen LogP contribution >= 0.6 is 0 Å². The van der Waals surface area contributed by atoms with Crippen LogP contribution in [0.25, 0.3) is 0 Å². The van der Waals surface area contributed by atoms with E-state index in [0.29, 0.717) is 13.2 Å². The third-order valence-electron chi connectivity index (χ3n) is 3.97. The maximum Gasteiger partial charge on any atom is 0.193 e. The minimum atomic E-state index is -1.91. The quantitative estimate of drug-likeness (QED) is 0.643. The second kappa shape index (κ2) is 8.49. The summed E-state index contributed by atoms with van der Waals surface area (Å²) in [4.78, 5) is 0. The number of hydrogen-bond donors (Lipinski definition) is 1. The zero-order chi connectivity index (χ0) is 16.6. The smallest absolute Gasteiger partial charge is 0.193 e. The van der Waals surface area contributed by atoms with Crippen LogP contribution in [0.5, 0.6) is 0 Å². The van der Waals surface area contributed by atoms with Gasteiger partial charge >= 0.3 is 0 Å². The minimum Gasteiger partial charge on any atom is -0.401 e. The average Bonchev–Trinajstić information content (AvgIpc) is 2.44. The Morgan fingerprint density at radius 3 is 2.36 bits per heavy atom. The highest BCUT2D eigenvalue weighted by Crippen LogP contribution is 2.37. The molecule has 4 heteroatoms. The number of hydrogen-bond acceptors (Lipinski definition) is 3. The summed E-state index contributed by atoms with van der Waals surface area (Å²) < 4.78 is 12.0. The molecule has 22 heavy (non-hydrogen) atoms. The minimum absolute atomic E-state index is 0.117. The molecule has 1 rings (SSSR count). The Bertz CT molecular complexity index is 495. The van der Waals surface area contributed by atoms with Crippen molar-refractivity contribution in [2.24, 2.45) is 0 Å². The van der Waals surface area contributed by atoms with E-state index in [1.54, 1.807) is 0 Å². The molecular formula is C18H28O3Si. The van der Waals surface area contributed by atoms with Crippen molar-refractivity contribution in [1.82, 2.24) is 0 Å². The Kier molecular flexibility index (Phi) is 7.31. The van der Waals surface area contributed by atoms with Gasteiger partial charge in [-0.1, -0.05) is 62.9 Å². The number of ether oxygens (including phenoxy) is 1. The first-order chi connectivity index (χ1) is 10.3. The molecule has 122 valence electrons. The van der Waals surface area contributed by atoms with Gasteiger partial charge in [-0.15, -0.1) is 0 Å². The Morgan fingerprint density at radius 1 is 1.18 bits per heavy atom. The maximum absolute atomic E-state index is 8.92. The van der Waals surface area contributed by atoms with Gasteiger partial charge in [-0.25, -0.2) is 0 Å². The van der Waals surface area contributed by atoms with Crippen LogP contribution in [0, 0.1) is 11.8 Å². The summed E-state index contributed by atoms with van der Waals surface area (Å²) in [7, 11) is -1.91. The van der Waals surface area contributed by atoms with E-state index in [-0.39, 0.29) is 17.7 Å². The molecule has 0 bridgehead atoms. The summed E-state index contributed by atoms with van der Waals surface area (Å²) in [5, 5.41) is 9.03.